The van der Waals surface area contributed by atoms with Gasteiger partial charge in [-0.2, -0.15) is 0 Å². The first-order valence-electron chi connectivity index (χ1n) is 8.91. The number of piperazine rings is 1. The molecule has 26 heavy (non-hydrogen) atoms. The Kier molecular flexibility index (Phi) is 6.53. The lowest BCUT2D eigenvalue weighted by Gasteiger charge is -2.39. The third-order valence-electron chi connectivity index (χ3n) is 5.42. The number of aryl methyl sites for hydroxylation is 1. The molecule has 6 nitrogen and oxygen atoms in total. The van der Waals surface area contributed by atoms with Crippen LogP contribution in [0.25, 0.3) is 0 Å². The number of methoxy groups -OCH3 is 1. The average molecular weight is 382 g/mol. The third-order valence-corrected chi connectivity index (χ3v) is 5.42. The van der Waals surface area contributed by atoms with Crippen LogP contribution in [0, 0.1) is 12.8 Å². The van der Waals surface area contributed by atoms with Crippen molar-refractivity contribution in [2.45, 2.75) is 39.3 Å². The van der Waals surface area contributed by atoms with Crippen LogP contribution in [0.15, 0.2) is 18.2 Å². The minimum absolute atomic E-state index is 0. The van der Waals surface area contributed by atoms with Gasteiger partial charge < -0.3 is 19.9 Å². The van der Waals surface area contributed by atoms with Crippen molar-refractivity contribution < 1.29 is 14.3 Å². The summed E-state index contributed by atoms with van der Waals surface area (Å²) in [6, 6.07) is 6.17. The Labute approximate surface area is 161 Å². The highest BCUT2D eigenvalue weighted by molar-refractivity contribution is 6.01. The molecule has 1 N–H and O–H groups in total. The summed E-state index contributed by atoms with van der Waals surface area (Å²) < 4.78 is 5.41. The van der Waals surface area contributed by atoms with E-state index in [-0.39, 0.29) is 48.6 Å². The van der Waals surface area contributed by atoms with E-state index in [1.165, 1.54) is 0 Å². The lowest BCUT2D eigenvalue weighted by Crippen LogP contribution is -2.58. The Morgan fingerprint density at radius 3 is 2.73 bits per heavy atom. The zero-order chi connectivity index (χ0) is 18.1. The van der Waals surface area contributed by atoms with E-state index in [1.54, 1.807) is 12.0 Å². The van der Waals surface area contributed by atoms with E-state index in [0.717, 1.165) is 17.8 Å². The largest absolute Gasteiger partial charge is 0.495 e. The number of hydrogen-bond acceptors (Lipinski definition) is 4. The van der Waals surface area contributed by atoms with Gasteiger partial charge in [-0.15, -0.1) is 12.4 Å². The van der Waals surface area contributed by atoms with Crippen molar-refractivity contribution in [1.29, 1.82) is 0 Å². The number of hydrogen-bond donors (Lipinski definition) is 1. The molecular formula is C19H28ClN3O3. The summed E-state index contributed by atoms with van der Waals surface area (Å²) in [5.41, 5.74) is 1.81. The number of rotatable bonds is 3. The molecule has 0 bridgehead atoms. The molecule has 2 heterocycles. The second-order valence-electron chi connectivity index (χ2n) is 7.10. The number of nitrogens with zero attached hydrogens (tertiary/aromatic N) is 2. The Bertz CT molecular complexity index is 682. The van der Waals surface area contributed by atoms with Crippen LogP contribution in [-0.4, -0.2) is 55.5 Å². The van der Waals surface area contributed by atoms with Crippen molar-refractivity contribution >= 4 is 29.9 Å². The standard InChI is InChI=1S/C19H27N3O3.ClH/c1-12-5-6-17(25-4)16(9-12)22-11-15(10-18(22)23)19(24)21-8-7-20-13(2)14(21)3;/h5-6,9,13-15,20H,7-8,10-11H2,1-4H3;1H. The Balaban J connectivity index is 0.00000243. The summed E-state index contributed by atoms with van der Waals surface area (Å²) in [5.74, 6) is 0.447. The number of benzene rings is 1. The first-order valence-corrected chi connectivity index (χ1v) is 8.91. The van der Waals surface area contributed by atoms with Crippen LogP contribution in [0.5, 0.6) is 5.75 Å². The van der Waals surface area contributed by atoms with Crippen molar-refractivity contribution in [3.8, 4) is 5.75 Å². The van der Waals surface area contributed by atoms with Gasteiger partial charge in [0.1, 0.15) is 5.75 Å². The van der Waals surface area contributed by atoms with Gasteiger partial charge in [0.2, 0.25) is 11.8 Å². The van der Waals surface area contributed by atoms with Crippen LogP contribution < -0.4 is 15.0 Å². The molecule has 2 fully saturated rings. The van der Waals surface area contributed by atoms with Crippen molar-refractivity contribution in [3.05, 3.63) is 23.8 Å². The van der Waals surface area contributed by atoms with Gasteiger partial charge in [-0.25, -0.2) is 0 Å². The van der Waals surface area contributed by atoms with Crippen LogP contribution >= 0.6 is 12.4 Å². The van der Waals surface area contributed by atoms with E-state index in [9.17, 15) is 9.59 Å². The zero-order valence-corrected chi connectivity index (χ0v) is 16.6. The van der Waals surface area contributed by atoms with Gasteiger partial charge >= 0.3 is 0 Å². The van der Waals surface area contributed by atoms with Gasteiger partial charge in [-0.1, -0.05) is 6.07 Å². The molecular weight excluding hydrogens is 354 g/mol. The number of ether oxygens (including phenoxy) is 1. The first kappa shape index (κ1) is 20.5. The maximum atomic E-state index is 13.0. The fourth-order valence-corrected chi connectivity index (χ4v) is 3.72. The van der Waals surface area contributed by atoms with Gasteiger partial charge in [0.05, 0.1) is 18.7 Å². The van der Waals surface area contributed by atoms with Gasteiger partial charge in [-0.05, 0) is 38.5 Å². The van der Waals surface area contributed by atoms with Crippen molar-refractivity contribution in [2.24, 2.45) is 5.92 Å². The Hall–Kier alpha value is -1.79. The molecule has 2 amide bonds. The zero-order valence-electron chi connectivity index (χ0n) is 15.8. The molecule has 2 saturated heterocycles. The second-order valence-corrected chi connectivity index (χ2v) is 7.10. The third kappa shape index (κ3) is 3.81. The predicted molar refractivity (Wildman–Crippen MR) is 104 cm³/mol. The lowest BCUT2D eigenvalue weighted by molar-refractivity contribution is -0.139. The highest BCUT2D eigenvalue weighted by Gasteiger charge is 2.40. The molecule has 2 aliphatic heterocycles. The molecule has 7 heteroatoms. The van der Waals surface area contributed by atoms with Crippen LogP contribution in [0.2, 0.25) is 0 Å². The molecule has 0 radical (unpaired) electrons. The number of amides is 2. The topological polar surface area (TPSA) is 61.9 Å². The summed E-state index contributed by atoms with van der Waals surface area (Å²) in [6.45, 7) is 8.05. The fourth-order valence-electron chi connectivity index (χ4n) is 3.72. The minimum atomic E-state index is -0.287. The predicted octanol–water partition coefficient (Wildman–Crippen LogP) is 1.99. The maximum Gasteiger partial charge on any atom is 0.228 e. The van der Waals surface area contributed by atoms with Crippen LogP contribution in [0.4, 0.5) is 5.69 Å². The first-order chi connectivity index (χ1) is 11.9. The van der Waals surface area contributed by atoms with E-state index < -0.39 is 0 Å². The second kappa shape index (κ2) is 8.27. The molecule has 3 atom stereocenters. The molecule has 3 rings (SSSR count). The molecule has 0 aliphatic carbocycles. The number of nitrogens with one attached hydrogen (secondary N) is 1. The van der Waals surface area contributed by atoms with Crippen LogP contribution in [0.1, 0.15) is 25.8 Å². The maximum absolute atomic E-state index is 13.0. The molecule has 1 aromatic rings. The van der Waals surface area contributed by atoms with E-state index in [4.69, 9.17) is 4.74 Å². The highest BCUT2D eigenvalue weighted by Crippen LogP contribution is 2.34. The number of carbonyl (C=O) groups excluding carboxylic acids is 2. The van der Waals surface area contributed by atoms with Crippen molar-refractivity contribution in [3.63, 3.8) is 0 Å². The summed E-state index contributed by atoms with van der Waals surface area (Å²) in [6.07, 6.45) is 0.265. The summed E-state index contributed by atoms with van der Waals surface area (Å²) in [4.78, 5) is 29.2. The van der Waals surface area contributed by atoms with Gasteiger partial charge in [0.25, 0.3) is 0 Å². The van der Waals surface area contributed by atoms with Crippen molar-refractivity contribution in [1.82, 2.24) is 10.2 Å². The minimum Gasteiger partial charge on any atom is -0.495 e. The van der Waals surface area contributed by atoms with E-state index in [2.05, 4.69) is 19.2 Å². The van der Waals surface area contributed by atoms with Crippen LogP contribution in [0.3, 0.4) is 0 Å². The smallest absolute Gasteiger partial charge is 0.228 e. The van der Waals surface area contributed by atoms with Crippen LogP contribution in [-0.2, 0) is 9.59 Å². The Morgan fingerprint density at radius 1 is 1.31 bits per heavy atom. The average Bonchev–Trinajstić information content (AvgIpc) is 2.98. The molecule has 3 unspecified atom stereocenters. The molecule has 0 saturated carbocycles. The molecule has 1 aromatic carbocycles. The summed E-state index contributed by atoms with van der Waals surface area (Å²) in [5, 5.41) is 3.38. The van der Waals surface area contributed by atoms with Gasteiger partial charge in [-0.3, -0.25) is 9.59 Å². The van der Waals surface area contributed by atoms with E-state index in [1.807, 2.05) is 30.0 Å². The van der Waals surface area contributed by atoms with Gasteiger partial charge in [0, 0.05) is 38.1 Å². The summed E-state index contributed by atoms with van der Waals surface area (Å²) in [7, 11) is 1.60. The normalized spacial score (nSPS) is 25.8. The lowest BCUT2D eigenvalue weighted by atomic mass is 10.0. The molecule has 0 aromatic heterocycles. The van der Waals surface area contributed by atoms with E-state index in [0.29, 0.717) is 18.8 Å². The number of anilines is 1. The number of halogens is 1. The monoisotopic (exact) mass is 381 g/mol. The molecule has 2 aliphatic rings. The Morgan fingerprint density at radius 2 is 2.04 bits per heavy atom. The quantitative estimate of drug-likeness (QED) is 0.869. The number of carbonyl (C=O) groups is 2. The molecule has 0 spiro atoms. The molecule has 144 valence electrons. The summed E-state index contributed by atoms with van der Waals surface area (Å²) >= 11 is 0. The highest BCUT2D eigenvalue weighted by atomic mass is 35.5. The fraction of sp³-hybridized carbons (Fsp3) is 0.579. The van der Waals surface area contributed by atoms with Crippen molar-refractivity contribution in [2.75, 3.05) is 31.6 Å². The SMILES string of the molecule is COc1ccc(C)cc1N1CC(C(=O)N2CCNC(C)C2C)CC1=O.Cl. The van der Waals surface area contributed by atoms with E-state index >= 15 is 0 Å². The van der Waals surface area contributed by atoms with Gasteiger partial charge in [0.15, 0.2) is 0 Å².